The molecule has 0 radical (unpaired) electrons. The van der Waals surface area contributed by atoms with Gasteiger partial charge in [0, 0.05) is 17.0 Å². The summed E-state index contributed by atoms with van der Waals surface area (Å²) in [6.07, 6.45) is 0. The van der Waals surface area contributed by atoms with E-state index in [1.54, 1.807) is 0 Å². The molecule has 0 unspecified atom stereocenters. The summed E-state index contributed by atoms with van der Waals surface area (Å²) in [6, 6.07) is 3.45. The lowest BCUT2D eigenvalue weighted by atomic mass is 10.2. The predicted molar refractivity (Wildman–Crippen MR) is 110 cm³/mol. The molecule has 0 aliphatic carbocycles. The Kier molecular flexibility index (Phi) is 13.4. The molecule has 0 amide bonds. The summed E-state index contributed by atoms with van der Waals surface area (Å²) < 4.78 is 22.3. The van der Waals surface area contributed by atoms with E-state index < -0.39 is 9.85 Å². The maximum absolute atomic E-state index is 11.0. The van der Waals surface area contributed by atoms with Crippen LogP contribution in [0.5, 0.6) is 0 Å². The lowest BCUT2D eigenvalue weighted by molar-refractivity contribution is -0.393. The van der Waals surface area contributed by atoms with Crippen LogP contribution >= 0.6 is 22.6 Å². The molecule has 0 bridgehead atoms. The Balaban J connectivity index is 2.07. The minimum atomic E-state index is -0.676. The lowest BCUT2D eigenvalue weighted by Gasteiger charge is -2.09. The molecule has 0 heterocycles. The molecule has 0 aliphatic rings. The number of halogens is 1. The summed E-state index contributed by atoms with van der Waals surface area (Å²) >= 11 is 2.24. The topological polar surface area (TPSA) is 135 Å². The van der Waals surface area contributed by atoms with Crippen molar-refractivity contribution in [2.24, 2.45) is 0 Å². The fraction of sp³-hybridized carbons (Fsp3) is 0.625. The van der Waals surface area contributed by atoms with Crippen LogP contribution < -0.4 is 5.32 Å². The highest BCUT2D eigenvalue weighted by Gasteiger charge is 2.18. The van der Waals surface area contributed by atoms with Gasteiger partial charge in [0.25, 0.3) is 11.4 Å². The van der Waals surface area contributed by atoms with Gasteiger partial charge >= 0.3 is 0 Å². The van der Waals surface area contributed by atoms with Crippen LogP contribution in [0.3, 0.4) is 0 Å². The second-order valence-corrected chi connectivity index (χ2v) is 6.36. The van der Waals surface area contributed by atoms with Crippen molar-refractivity contribution in [1.82, 2.24) is 0 Å². The zero-order valence-corrected chi connectivity index (χ0v) is 17.5. The smallest absolute Gasteiger partial charge is 0.299 e. The summed E-state index contributed by atoms with van der Waals surface area (Å²) in [5, 5.41) is 24.6. The van der Waals surface area contributed by atoms with Gasteiger partial charge in [0.15, 0.2) is 0 Å². The Labute approximate surface area is 176 Å². The fourth-order valence-corrected chi connectivity index (χ4v) is 2.32. The first kappa shape index (κ1) is 24.4. The van der Waals surface area contributed by atoms with E-state index in [1.165, 1.54) is 12.1 Å². The highest BCUT2D eigenvalue weighted by molar-refractivity contribution is 14.1. The average molecular weight is 513 g/mol. The zero-order chi connectivity index (χ0) is 20.6. The Morgan fingerprint density at radius 3 is 1.86 bits per heavy atom. The molecule has 0 aliphatic heterocycles. The van der Waals surface area contributed by atoms with Gasteiger partial charge in [-0.1, -0.05) is 22.6 Å². The first-order chi connectivity index (χ1) is 13.6. The Morgan fingerprint density at radius 2 is 1.36 bits per heavy atom. The van der Waals surface area contributed by atoms with Crippen LogP contribution in [0.25, 0.3) is 0 Å². The predicted octanol–water partition coefficient (Wildman–Crippen LogP) is 2.42. The highest BCUT2D eigenvalue weighted by atomic mass is 127. The van der Waals surface area contributed by atoms with Gasteiger partial charge in [-0.25, -0.2) is 0 Å². The number of nitrogens with one attached hydrogen (secondary N) is 1. The molecule has 0 fully saturated rings. The quantitative estimate of drug-likeness (QED) is 0.110. The van der Waals surface area contributed by atoms with Gasteiger partial charge in [0.2, 0.25) is 0 Å². The minimum Gasteiger partial charge on any atom is -0.378 e. The Morgan fingerprint density at radius 1 is 0.821 bits per heavy atom. The van der Waals surface area contributed by atoms with Crippen molar-refractivity contribution in [3.8, 4) is 0 Å². The molecule has 158 valence electrons. The van der Waals surface area contributed by atoms with E-state index in [-0.39, 0.29) is 17.1 Å². The third-order valence-electron chi connectivity index (χ3n) is 3.29. The first-order valence-corrected chi connectivity index (χ1v) is 10.1. The molecule has 11 nitrogen and oxygen atoms in total. The standard InChI is InChI=1S/C16H24IN3O8/c17-3-5-25-7-9-27-11-12-28-10-8-26-6-4-18-15-2-1-14(19(21)22)13-16(15)20(23)24/h1-2,13,18H,3-12H2. The van der Waals surface area contributed by atoms with E-state index in [4.69, 9.17) is 18.9 Å². The summed E-state index contributed by atoms with van der Waals surface area (Å²) in [5.41, 5.74) is -0.477. The van der Waals surface area contributed by atoms with Crippen molar-refractivity contribution in [2.45, 2.75) is 0 Å². The minimum absolute atomic E-state index is 0.204. The number of anilines is 1. The van der Waals surface area contributed by atoms with Gasteiger partial charge in [0.05, 0.1) is 68.8 Å². The van der Waals surface area contributed by atoms with Crippen LogP contribution in [-0.2, 0) is 18.9 Å². The molecule has 28 heavy (non-hydrogen) atoms. The number of hydrogen-bond donors (Lipinski definition) is 1. The molecule has 1 aromatic rings. The van der Waals surface area contributed by atoms with Gasteiger partial charge in [0.1, 0.15) is 5.69 Å². The van der Waals surface area contributed by atoms with Gasteiger partial charge in [-0.05, 0) is 6.07 Å². The molecule has 12 heteroatoms. The van der Waals surface area contributed by atoms with Crippen LogP contribution in [0.1, 0.15) is 0 Å². The molecule has 1 aromatic carbocycles. The van der Waals surface area contributed by atoms with Gasteiger partial charge < -0.3 is 24.3 Å². The number of non-ortho nitro benzene ring substituents is 1. The van der Waals surface area contributed by atoms with Crippen LogP contribution in [0.2, 0.25) is 0 Å². The molecule has 0 saturated carbocycles. The van der Waals surface area contributed by atoms with Gasteiger partial charge in [-0.3, -0.25) is 20.2 Å². The number of ether oxygens (including phenoxy) is 4. The first-order valence-electron chi connectivity index (χ1n) is 8.60. The summed E-state index contributed by atoms with van der Waals surface area (Å²) in [7, 11) is 0. The molecule has 0 atom stereocenters. The Bertz CT molecular complexity index is 605. The van der Waals surface area contributed by atoms with E-state index in [0.717, 1.165) is 17.1 Å². The van der Waals surface area contributed by atoms with E-state index in [1.807, 2.05) is 0 Å². The monoisotopic (exact) mass is 513 g/mol. The molecule has 0 saturated heterocycles. The molecule has 0 spiro atoms. The summed E-state index contributed by atoms with van der Waals surface area (Å²) in [6.45, 7) is 4.20. The van der Waals surface area contributed by atoms with E-state index >= 15 is 0 Å². The van der Waals surface area contributed by atoms with Crippen molar-refractivity contribution >= 4 is 39.7 Å². The number of rotatable bonds is 17. The number of nitrogens with zero attached hydrogens (tertiary/aromatic N) is 2. The van der Waals surface area contributed by atoms with Crippen molar-refractivity contribution in [3.05, 3.63) is 38.4 Å². The van der Waals surface area contributed by atoms with Crippen LogP contribution in [-0.4, -0.2) is 73.7 Å². The molecule has 1 N–H and O–H groups in total. The largest absolute Gasteiger partial charge is 0.378 e. The Hall–Kier alpha value is -1.61. The maximum atomic E-state index is 11.0. The number of nitro benzene ring substituents is 2. The number of hydrogen-bond acceptors (Lipinski definition) is 9. The van der Waals surface area contributed by atoms with E-state index in [9.17, 15) is 20.2 Å². The SMILES string of the molecule is O=[N+]([O-])c1ccc(NCCOCCOCCOCCOCCI)c([N+](=O)[O-])c1. The third kappa shape index (κ3) is 10.7. The van der Waals surface area contributed by atoms with Crippen molar-refractivity contribution in [2.75, 3.05) is 69.1 Å². The summed E-state index contributed by atoms with van der Waals surface area (Å²) in [4.78, 5) is 20.4. The fourth-order valence-electron chi connectivity index (χ4n) is 2.01. The maximum Gasteiger partial charge on any atom is 0.299 e. The highest BCUT2D eigenvalue weighted by Crippen LogP contribution is 2.28. The zero-order valence-electron chi connectivity index (χ0n) is 15.3. The van der Waals surface area contributed by atoms with Crippen molar-refractivity contribution in [3.63, 3.8) is 0 Å². The number of alkyl halides is 1. The van der Waals surface area contributed by atoms with Crippen LogP contribution in [0, 0.1) is 20.2 Å². The number of benzene rings is 1. The molecule has 0 aromatic heterocycles. The van der Waals surface area contributed by atoms with Crippen LogP contribution in [0.15, 0.2) is 18.2 Å². The second-order valence-electron chi connectivity index (χ2n) is 5.28. The molecular formula is C16H24IN3O8. The van der Waals surface area contributed by atoms with Crippen molar-refractivity contribution in [1.29, 1.82) is 0 Å². The number of nitro groups is 2. The summed E-state index contributed by atoms with van der Waals surface area (Å²) in [5.74, 6) is 0. The van der Waals surface area contributed by atoms with Gasteiger partial charge in [-0.15, -0.1) is 0 Å². The van der Waals surface area contributed by atoms with Crippen molar-refractivity contribution < 1.29 is 28.8 Å². The average Bonchev–Trinajstić information content (AvgIpc) is 2.68. The van der Waals surface area contributed by atoms with Crippen LogP contribution in [0.4, 0.5) is 17.1 Å². The van der Waals surface area contributed by atoms with E-state index in [0.29, 0.717) is 52.8 Å². The van der Waals surface area contributed by atoms with E-state index in [2.05, 4.69) is 27.9 Å². The molecular weight excluding hydrogens is 489 g/mol. The lowest BCUT2D eigenvalue weighted by Crippen LogP contribution is -2.15. The molecule has 1 rings (SSSR count). The van der Waals surface area contributed by atoms with Gasteiger partial charge in [-0.2, -0.15) is 0 Å². The third-order valence-corrected chi connectivity index (χ3v) is 3.73. The second kappa shape index (κ2) is 15.3. The normalized spacial score (nSPS) is 10.8.